The highest BCUT2D eigenvalue weighted by Crippen LogP contribution is 2.69. The first-order chi connectivity index (χ1) is 25.9. The molecule has 0 N–H and O–H groups in total. The van der Waals surface area contributed by atoms with Gasteiger partial charge in [0.25, 0.3) is 0 Å². The number of hydrogen-bond donors (Lipinski definition) is 0. The second-order valence-corrected chi connectivity index (χ2v) is 16.3. The summed E-state index contributed by atoms with van der Waals surface area (Å²) in [7, 11) is 0. The number of hydrogen-bond acceptors (Lipinski definition) is 1. The number of aliphatic imine (C=N–C) groups is 1. The molecule has 5 aliphatic rings. The predicted molar refractivity (Wildman–Crippen MR) is 223 cm³/mol. The molecule has 0 bridgehead atoms. The first-order valence-electron chi connectivity index (χ1n) is 19.5. The Hall–Kier alpha value is -5.53. The largest absolute Gasteiger partial charge is 0.289 e. The van der Waals surface area contributed by atoms with Crippen molar-refractivity contribution in [1.29, 1.82) is 0 Å². The van der Waals surface area contributed by atoms with Crippen LogP contribution in [-0.4, -0.2) is 12.3 Å². The highest BCUT2D eigenvalue weighted by atomic mass is 14.8. The molecule has 1 unspecified atom stereocenters. The second kappa shape index (κ2) is 12.0. The van der Waals surface area contributed by atoms with Crippen LogP contribution in [0.3, 0.4) is 0 Å². The Morgan fingerprint density at radius 2 is 1.34 bits per heavy atom. The monoisotopic (exact) mass is 683 g/mol. The summed E-state index contributed by atoms with van der Waals surface area (Å²) < 4.78 is 0. The molecular weight excluding hydrogens is 639 g/mol. The highest BCUT2D eigenvalue weighted by molar-refractivity contribution is 6.03. The van der Waals surface area contributed by atoms with Gasteiger partial charge in [0.05, 0.1) is 5.41 Å². The normalized spacial score (nSPS) is 20.2. The van der Waals surface area contributed by atoms with E-state index < -0.39 is 0 Å². The summed E-state index contributed by atoms with van der Waals surface area (Å²) in [6, 6.07) is 44.0. The summed E-state index contributed by atoms with van der Waals surface area (Å²) in [4.78, 5) is 4.67. The SMILES string of the molecule is C/C(=C\C=C/C1=NCC(C)C1)C1=CC(c2cccc(-c3ccc4c(c3)C(C)(C)C3=C4c4ccccc4C34c3ccccc3-c3ccccc34)c2)=CCC1. The molecule has 0 saturated heterocycles. The van der Waals surface area contributed by atoms with Crippen molar-refractivity contribution >= 4 is 16.9 Å². The number of nitrogens with zero attached hydrogens (tertiary/aromatic N) is 1. The lowest BCUT2D eigenvalue weighted by molar-refractivity contribution is 0.555. The van der Waals surface area contributed by atoms with E-state index >= 15 is 0 Å². The van der Waals surface area contributed by atoms with Crippen LogP contribution in [0, 0.1) is 5.92 Å². The van der Waals surface area contributed by atoms with Crippen molar-refractivity contribution in [2.24, 2.45) is 10.9 Å². The minimum atomic E-state index is -0.315. The minimum absolute atomic E-state index is 0.188. The van der Waals surface area contributed by atoms with Crippen LogP contribution in [0.15, 0.2) is 167 Å². The lowest BCUT2D eigenvalue weighted by Gasteiger charge is -2.39. The molecular formula is C52H45N. The Morgan fingerprint density at radius 1 is 0.698 bits per heavy atom. The van der Waals surface area contributed by atoms with E-state index in [0.717, 1.165) is 25.8 Å². The molecule has 0 saturated carbocycles. The number of benzene rings is 5. The van der Waals surface area contributed by atoms with Crippen LogP contribution in [-0.2, 0) is 10.8 Å². The van der Waals surface area contributed by atoms with Crippen LogP contribution in [0.2, 0.25) is 0 Å². The van der Waals surface area contributed by atoms with Gasteiger partial charge in [0, 0.05) is 17.7 Å². The quantitative estimate of drug-likeness (QED) is 0.164. The van der Waals surface area contributed by atoms with Gasteiger partial charge in [0.1, 0.15) is 0 Å². The Kier molecular flexibility index (Phi) is 7.28. The number of fused-ring (bicyclic) bond motifs is 11. The zero-order valence-electron chi connectivity index (χ0n) is 31.2. The fraction of sp³-hybridized carbons (Fsp3) is 0.212. The molecule has 0 radical (unpaired) electrons. The summed E-state index contributed by atoms with van der Waals surface area (Å²) in [5.41, 5.74) is 22.7. The average Bonchev–Trinajstić information content (AvgIpc) is 3.91. The molecule has 4 aliphatic carbocycles. The van der Waals surface area contributed by atoms with E-state index in [1.807, 2.05) is 0 Å². The van der Waals surface area contributed by atoms with E-state index in [0.29, 0.717) is 5.92 Å². The van der Waals surface area contributed by atoms with Gasteiger partial charge in [-0.3, -0.25) is 4.99 Å². The minimum Gasteiger partial charge on any atom is -0.289 e. The summed E-state index contributed by atoms with van der Waals surface area (Å²) in [5, 5.41) is 0. The van der Waals surface area contributed by atoms with Crippen LogP contribution in [0.5, 0.6) is 0 Å². The molecule has 0 aromatic heterocycles. The molecule has 5 aromatic rings. The van der Waals surface area contributed by atoms with Gasteiger partial charge in [-0.1, -0.05) is 148 Å². The van der Waals surface area contributed by atoms with Gasteiger partial charge in [-0.15, -0.1) is 0 Å². The van der Waals surface area contributed by atoms with Gasteiger partial charge >= 0.3 is 0 Å². The molecule has 1 heterocycles. The van der Waals surface area contributed by atoms with Gasteiger partial charge < -0.3 is 0 Å². The molecule has 10 rings (SSSR count). The third-order valence-electron chi connectivity index (χ3n) is 12.7. The average molecular weight is 684 g/mol. The lowest BCUT2D eigenvalue weighted by Crippen LogP contribution is -2.35. The summed E-state index contributed by atoms with van der Waals surface area (Å²) >= 11 is 0. The molecule has 0 fully saturated rings. The Labute approximate surface area is 314 Å². The summed E-state index contributed by atoms with van der Waals surface area (Å²) in [5.74, 6) is 0.669. The van der Waals surface area contributed by atoms with Gasteiger partial charge in [-0.2, -0.15) is 0 Å². The summed E-state index contributed by atoms with van der Waals surface area (Å²) in [6.07, 6.45) is 14.7. The summed E-state index contributed by atoms with van der Waals surface area (Å²) in [6.45, 7) is 10.4. The maximum Gasteiger partial charge on any atom is 0.0697 e. The van der Waals surface area contributed by atoms with E-state index in [-0.39, 0.29) is 10.8 Å². The van der Waals surface area contributed by atoms with Crippen LogP contribution >= 0.6 is 0 Å². The first-order valence-corrected chi connectivity index (χ1v) is 19.5. The van der Waals surface area contributed by atoms with E-state index in [4.69, 9.17) is 0 Å². The van der Waals surface area contributed by atoms with Crippen LogP contribution in [0.25, 0.3) is 33.4 Å². The van der Waals surface area contributed by atoms with Crippen molar-refractivity contribution in [2.75, 3.05) is 6.54 Å². The molecule has 1 heteroatoms. The van der Waals surface area contributed by atoms with Crippen molar-refractivity contribution in [3.05, 3.63) is 201 Å². The first kappa shape index (κ1) is 32.1. The zero-order valence-corrected chi connectivity index (χ0v) is 31.2. The van der Waals surface area contributed by atoms with Gasteiger partial charge in [-0.05, 0) is 139 Å². The zero-order chi connectivity index (χ0) is 35.9. The maximum atomic E-state index is 4.67. The van der Waals surface area contributed by atoms with Gasteiger partial charge in [0.15, 0.2) is 0 Å². The topological polar surface area (TPSA) is 12.4 Å². The number of rotatable bonds is 5. The molecule has 1 atom stereocenters. The molecule has 0 amide bonds. The van der Waals surface area contributed by atoms with Gasteiger partial charge in [-0.25, -0.2) is 0 Å². The highest BCUT2D eigenvalue weighted by Gasteiger charge is 2.59. The molecule has 53 heavy (non-hydrogen) atoms. The third kappa shape index (κ3) is 4.72. The van der Waals surface area contributed by atoms with Crippen molar-refractivity contribution in [3.63, 3.8) is 0 Å². The Bertz CT molecular complexity index is 2510. The number of allylic oxidation sites excluding steroid dienone is 9. The van der Waals surface area contributed by atoms with Crippen molar-refractivity contribution in [1.82, 2.24) is 0 Å². The predicted octanol–water partition coefficient (Wildman–Crippen LogP) is 12.9. The fourth-order valence-corrected chi connectivity index (χ4v) is 10.3. The molecule has 5 aromatic carbocycles. The van der Waals surface area contributed by atoms with Crippen LogP contribution in [0.1, 0.15) is 85.9 Å². The van der Waals surface area contributed by atoms with Crippen LogP contribution < -0.4 is 0 Å². The Morgan fingerprint density at radius 3 is 2.06 bits per heavy atom. The maximum absolute atomic E-state index is 4.67. The van der Waals surface area contributed by atoms with Gasteiger partial charge in [0.2, 0.25) is 0 Å². The van der Waals surface area contributed by atoms with E-state index in [1.165, 1.54) is 94.8 Å². The lowest BCUT2D eigenvalue weighted by atomic mass is 9.62. The van der Waals surface area contributed by atoms with Crippen molar-refractivity contribution in [2.45, 2.75) is 57.8 Å². The standard InChI is InChI=1S/C52H45N/c1-33-28-40(53-32-33)19-11-14-34(2)35-15-12-16-36(29-35)37-17-13-18-38(30-37)39-26-27-44-48(31-39)51(3,4)50-49(44)43-22-7-10-25-47(43)52(50)45-23-8-5-20-41(45)42-21-6-9-24-46(42)52/h5-11,13-14,16-27,29-31,33H,12,15,28,32H2,1-4H3/b19-11-,34-14+. The molecule has 1 aliphatic heterocycles. The van der Waals surface area contributed by atoms with Crippen LogP contribution in [0.4, 0.5) is 0 Å². The van der Waals surface area contributed by atoms with Crippen molar-refractivity contribution < 1.29 is 0 Å². The Balaban J connectivity index is 1.03. The van der Waals surface area contributed by atoms with E-state index in [2.05, 4.69) is 178 Å². The fourth-order valence-electron chi connectivity index (χ4n) is 10.3. The smallest absolute Gasteiger partial charge is 0.0697 e. The van der Waals surface area contributed by atoms with E-state index in [9.17, 15) is 0 Å². The van der Waals surface area contributed by atoms with E-state index in [1.54, 1.807) is 0 Å². The van der Waals surface area contributed by atoms with Crippen molar-refractivity contribution in [3.8, 4) is 22.3 Å². The molecule has 1 nitrogen and oxygen atoms in total. The molecule has 1 spiro atoms. The molecule has 258 valence electrons. The third-order valence-corrected chi connectivity index (χ3v) is 12.7. The second-order valence-electron chi connectivity index (χ2n) is 16.3.